The second-order valence-corrected chi connectivity index (χ2v) is 5.66. The van der Waals surface area contributed by atoms with Gasteiger partial charge in [-0.25, -0.2) is 9.97 Å². The molecule has 1 saturated carbocycles. The molecule has 0 amide bonds. The Kier molecular flexibility index (Phi) is 4.15. The standard InChI is InChI=1S/C17H21N3O/c1-2-17-18-9-14(10-19-17)12-20(15-5-6-15)11-13-3-7-16(21)8-4-13/h3-4,7-10,15,21H,2,5-6,11-12H2,1H3. The molecule has 4 heteroatoms. The number of aryl methyl sites for hydroxylation is 1. The molecule has 110 valence electrons. The average Bonchev–Trinajstić information content (AvgIpc) is 3.34. The first-order valence-corrected chi connectivity index (χ1v) is 7.56. The topological polar surface area (TPSA) is 49.2 Å². The van der Waals surface area contributed by atoms with E-state index in [1.165, 1.54) is 18.4 Å². The predicted octanol–water partition coefficient (Wildman–Crippen LogP) is 2.91. The maximum atomic E-state index is 9.37. The van der Waals surface area contributed by atoms with Crippen LogP contribution in [0.1, 0.15) is 36.7 Å². The number of rotatable bonds is 6. The first-order chi connectivity index (χ1) is 10.2. The third kappa shape index (κ3) is 3.79. The van der Waals surface area contributed by atoms with Gasteiger partial charge in [-0.05, 0) is 30.5 Å². The lowest BCUT2D eigenvalue weighted by Crippen LogP contribution is -2.25. The van der Waals surface area contributed by atoms with Crippen molar-refractivity contribution in [3.05, 3.63) is 53.6 Å². The molecule has 1 aliphatic rings. The Balaban J connectivity index is 1.68. The van der Waals surface area contributed by atoms with Gasteiger partial charge in [-0.15, -0.1) is 0 Å². The lowest BCUT2D eigenvalue weighted by molar-refractivity contribution is 0.245. The van der Waals surface area contributed by atoms with Gasteiger partial charge in [0.1, 0.15) is 11.6 Å². The molecule has 0 radical (unpaired) electrons. The van der Waals surface area contributed by atoms with E-state index in [-0.39, 0.29) is 0 Å². The molecule has 0 saturated heterocycles. The molecule has 2 aromatic rings. The number of aromatic hydroxyl groups is 1. The van der Waals surface area contributed by atoms with Crippen LogP contribution in [-0.2, 0) is 19.5 Å². The molecular formula is C17H21N3O. The van der Waals surface area contributed by atoms with Gasteiger partial charge < -0.3 is 5.11 Å². The van der Waals surface area contributed by atoms with Crippen molar-refractivity contribution in [1.29, 1.82) is 0 Å². The monoisotopic (exact) mass is 283 g/mol. The highest BCUT2D eigenvalue weighted by Crippen LogP contribution is 2.29. The number of nitrogens with zero attached hydrogens (tertiary/aromatic N) is 3. The van der Waals surface area contributed by atoms with E-state index in [1.54, 1.807) is 12.1 Å². The average molecular weight is 283 g/mol. The summed E-state index contributed by atoms with van der Waals surface area (Å²) in [6, 6.07) is 8.15. The molecule has 21 heavy (non-hydrogen) atoms. The van der Waals surface area contributed by atoms with E-state index in [2.05, 4.69) is 21.8 Å². The fourth-order valence-electron chi connectivity index (χ4n) is 2.47. The van der Waals surface area contributed by atoms with Gasteiger partial charge in [-0.3, -0.25) is 4.90 Å². The van der Waals surface area contributed by atoms with Crippen LogP contribution in [0.5, 0.6) is 5.75 Å². The minimum atomic E-state index is 0.320. The lowest BCUT2D eigenvalue weighted by atomic mass is 10.2. The van der Waals surface area contributed by atoms with Crippen LogP contribution in [0.25, 0.3) is 0 Å². The summed E-state index contributed by atoms with van der Waals surface area (Å²) in [6.45, 7) is 3.85. The zero-order valence-corrected chi connectivity index (χ0v) is 12.4. The zero-order valence-electron chi connectivity index (χ0n) is 12.4. The van der Waals surface area contributed by atoms with Crippen LogP contribution < -0.4 is 0 Å². The molecule has 0 aliphatic heterocycles. The van der Waals surface area contributed by atoms with Crippen LogP contribution in [0.15, 0.2) is 36.7 Å². The number of aromatic nitrogens is 2. The van der Waals surface area contributed by atoms with Crippen LogP contribution in [0.3, 0.4) is 0 Å². The first kappa shape index (κ1) is 14.0. The molecule has 0 bridgehead atoms. The van der Waals surface area contributed by atoms with Crippen molar-refractivity contribution in [3.63, 3.8) is 0 Å². The predicted molar refractivity (Wildman–Crippen MR) is 81.8 cm³/mol. The second kappa shape index (κ2) is 6.22. The van der Waals surface area contributed by atoms with Crippen molar-refractivity contribution in [1.82, 2.24) is 14.9 Å². The SMILES string of the molecule is CCc1ncc(CN(Cc2ccc(O)cc2)C2CC2)cn1. The molecule has 3 rings (SSSR count). The van der Waals surface area contributed by atoms with E-state index in [1.807, 2.05) is 24.5 Å². The molecule has 1 aromatic heterocycles. The number of hydrogen-bond acceptors (Lipinski definition) is 4. The minimum absolute atomic E-state index is 0.320. The summed E-state index contributed by atoms with van der Waals surface area (Å²) in [5, 5.41) is 9.37. The molecule has 1 aliphatic carbocycles. The van der Waals surface area contributed by atoms with Crippen LogP contribution in [0.4, 0.5) is 0 Å². The molecule has 1 fully saturated rings. The highest BCUT2D eigenvalue weighted by molar-refractivity contribution is 5.26. The molecular weight excluding hydrogens is 262 g/mol. The van der Waals surface area contributed by atoms with Crippen molar-refractivity contribution in [3.8, 4) is 5.75 Å². The van der Waals surface area contributed by atoms with Crippen molar-refractivity contribution in [2.24, 2.45) is 0 Å². The molecule has 1 N–H and O–H groups in total. The summed E-state index contributed by atoms with van der Waals surface area (Å²) in [6.07, 6.45) is 7.30. The minimum Gasteiger partial charge on any atom is -0.508 e. The Bertz CT molecular complexity index is 576. The van der Waals surface area contributed by atoms with Crippen LogP contribution in [0, 0.1) is 0 Å². The van der Waals surface area contributed by atoms with E-state index in [4.69, 9.17) is 0 Å². The van der Waals surface area contributed by atoms with Crippen molar-refractivity contribution in [2.75, 3.05) is 0 Å². The first-order valence-electron chi connectivity index (χ1n) is 7.56. The smallest absolute Gasteiger partial charge is 0.127 e. The largest absolute Gasteiger partial charge is 0.508 e. The van der Waals surface area contributed by atoms with Gasteiger partial charge >= 0.3 is 0 Å². The fraction of sp³-hybridized carbons (Fsp3) is 0.412. The Morgan fingerprint density at radius 3 is 2.24 bits per heavy atom. The normalized spacial score (nSPS) is 14.6. The lowest BCUT2D eigenvalue weighted by Gasteiger charge is -2.22. The summed E-state index contributed by atoms with van der Waals surface area (Å²) in [5.41, 5.74) is 2.39. The van der Waals surface area contributed by atoms with Crippen LogP contribution in [-0.4, -0.2) is 26.0 Å². The summed E-state index contributed by atoms with van der Waals surface area (Å²) >= 11 is 0. The summed E-state index contributed by atoms with van der Waals surface area (Å²) in [7, 11) is 0. The number of benzene rings is 1. The second-order valence-electron chi connectivity index (χ2n) is 5.66. The van der Waals surface area contributed by atoms with E-state index < -0.39 is 0 Å². The van der Waals surface area contributed by atoms with Crippen LogP contribution >= 0.6 is 0 Å². The Morgan fingerprint density at radius 1 is 1.05 bits per heavy atom. The maximum absolute atomic E-state index is 9.37. The third-order valence-corrected chi connectivity index (χ3v) is 3.85. The molecule has 0 atom stereocenters. The highest BCUT2D eigenvalue weighted by atomic mass is 16.3. The quantitative estimate of drug-likeness (QED) is 0.885. The van der Waals surface area contributed by atoms with E-state index >= 15 is 0 Å². The van der Waals surface area contributed by atoms with Gasteiger partial charge in [-0.2, -0.15) is 0 Å². The Morgan fingerprint density at radius 2 is 1.67 bits per heavy atom. The highest BCUT2D eigenvalue weighted by Gasteiger charge is 2.29. The Hall–Kier alpha value is -1.94. The van der Waals surface area contributed by atoms with Crippen LogP contribution in [0.2, 0.25) is 0 Å². The van der Waals surface area contributed by atoms with E-state index in [0.29, 0.717) is 11.8 Å². The van der Waals surface area contributed by atoms with Gasteiger partial charge in [0, 0.05) is 43.5 Å². The Labute approximate surface area is 125 Å². The number of phenols is 1. The molecule has 0 spiro atoms. The van der Waals surface area contributed by atoms with Gasteiger partial charge in [0.2, 0.25) is 0 Å². The number of hydrogen-bond donors (Lipinski definition) is 1. The van der Waals surface area contributed by atoms with Crippen molar-refractivity contribution < 1.29 is 5.11 Å². The third-order valence-electron chi connectivity index (χ3n) is 3.85. The maximum Gasteiger partial charge on any atom is 0.127 e. The van der Waals surface area contributed by atoms with E-state index in [9.17, 15) is 5.11 Å². The van der Waals surface area contributed by atoms with Gasteiger partial charge in [0.15, 0.2) is 0 Å². The van der Waals surface area contributed by atoms with Crippen molar-refractivity contribution >= 4 is 0 Å². The molecule has 1 heterocycles. The molecule has 4 nitrogen and oxygen atoms in total. The van der Waals surface area contributed by atoms with Gasteiger partial charge in [0.25, 0.3) is 0 Å². The fourth-order valence-corrected chi connectivity index (χ4v) is 2.47. The zero-order chi connectivity index (χ0) is 14.7. The molecule has 1 aromatic carbocycles. The summed E-state index contributed by atoms with van der Waals surface area (Å²) in [4.78, 5) is 11.2. The number of phenolic OH excluding ortho intramolecular Hbond substituents is 1. The summed E-state index contributed by atoms with van der Waals surface area (Å²) < 4.78 is 0. The van der Waals surface area contributed by atoms with Gasteiger partial charge in [-0.1, -0.05) is 19.1 Å². The summed E-state index contributed by atoms with van der Waals surface area (Å²) in [5.74, 6) is 1.22. The molecule has 0 unspecified atom stereocenters. The van der Waals surface area contributed by atoms with Crippen molar-refractivity contribution in [2.45, 2.75) is 45.3 Å². The van der Waals surface area contributed by atoms with E-state index in [0.717, 1.165) is 30.9 Å². The van der Waals surface area contributed by atoms with Gasteiger partial charge in [0.05, 0.1) is 0 Å².